The zero-order valence-electron chi connectivity index (χ0n) is 18.5. The minimum absolute atomic E-state index is 0.162. The maximum atomic E-state index is 12.9. The van der Waals surface area contributed by atoms with E-state index in [4.69, 9.17) is 5.73 Å². The minimum Gasteiger partial charge on any atom is -0.365 e. The second-order valence-corrected chi connectivity index (χ2v) is 9.20. The summed E-state index contributed by atoms with van der Waals surface area (Å²) >= 11 is 0. The van der Waals surface area contributed by atoms with Crippen molar-refractivity contribution in [1.82, 2.24) is 20.0 Å². The number of carbonyl (C=O) groups is 2. The third-order valence-electron chi connectivity index (χ3n) is 7.23. The molecule has 3 aromatic heterocycles. The lowest BCUT2D eigenvalue weighted by molar-refractivity contribution is -0.128. The molecule has 0 saturated carbocycles. The van der Waals surface area contributed by atoms with E-state index >= 15 is 0 Å². The monoisotopic (exact) mass is 456 g/mol. The van der Waals surface area contributed by atoms with Crippen LogP contribution in [0.3, 0.4) is 0 Å². The van der Waals surface area contributed by atoms with E-state index in [0.717, 1.165) is 40.4 Å². The summed E-state index contributed by atoms with van der Waals surface area (Å²) in [7, 11) is 0. The van der Waals surface area contributed by atoms with Crippen molar-refractivity contribution in [2.24, 2.45) is 11.1 Å². The van der Waals surface area contributed by atoms with Gasteiger partial charge in [0.25, 0.3) is 5.91 Å². The molecule has 1 amide bonds. The maximum Gasteiger partial charge on any atom is 0.252 e. The number of amides is 1. The van der Waals surface area contributed by atoms with Crippen LogP contribution in [0.4, 0.5) is 0 Å². The van der Waals surface area contributed by atoms with Crippen LogP contribution in [0.15, 0.2) is 53.7 Å². The van der Waals surface area contributed by atoms with Gasteiger partial charge in [-0.05, 0) is 36.2 Å². The molecule has 9 heteroatoms. The SMILES string of the molecule is NC(=O)c1cncc2c3ccc(-c4ccc(=O)[nH]c4)cc3n(N3CCC(=O)[C@@]4(CCNC4)C3)c12. The smallest absolute Gasteiger partial charge is 0.252 e. The number of primary amides is 1. The zero-order chi connectivity index (χ0) is 23.4. The molecular weight excluding hydrogens is 432 g/mol. The molecule has 1 spiro atoms. The first-order chi connectivity index (χ1) is 16.5. The third-order valence-corrected chi connectivity index (χ3v) is 7.23. The second-order valence-electron chi connectivity index (χ2n) is 9.20. The lowest BCUT2D eigenvalue weighted by atomic mass is 9.78. The Hall–Kier alpha value is -3.98. The van der Waals surface area contributed by atoms with E-state index in [1.54, 1.807) is 18.5 Å². The number of carbonyl (C=O) groups excluding carboxylic acids is 2. The topological polar surface area (TPSA) is 126 Å². The molecule has 5 heterocycles. The number of H-pyrrole nitrogens is 1. The summed E-state index contributed by atoms with van der Waals surface area (Å²) in [6.07, 6.45) is 6.19. The molecule has 1 atom stereocenters. The number of hydrogen-bond donors (Lipinski definition) is 3. The molecule has 0 unspecified atom stereocenters. The highest BCUT2D eigenvalue weighted by molar-refractivity contribution is 6.15. The van der Waals surface area contributed by atoms with Crippen LogP contribution >= 0.6 is 0 Å². The Balaban J connectivity index is 1.61. The van der Waals surface area contributed by atoms with Crippen molar-refractivity contribution < 1.29 is 9.59 Å². The molecule has 0 radical (unpaired) electrons. The molecular formula is C25H24N6O3. The lowest BCUT2D eigenvalue weighted by Crippen LogP contribution is -2.54. The number of nitrogens with two attached hydrogens (primary N) is 1. The van der Waals surface area contributed by atoms with Gasteiger partial charge in [0, 0.05) is 61.5 Å². The van der Waals surface area contributed by atoms with Crippen LogP contribution in [-0.4, -0.2) is 52.5 Å². The normalized spacial score (nSPS) is 20.6. The Kier molecular flexibility index (Phi) is 4.56. The van der Waals surface area contributed by atoms with E-state index in [2.05, 4.69) is 20.3 Å². The molecule has 2 aliphatic heterocycles. The van der Waals surface area contributed by atoms with Gasteiger partial charge in [-0.15, -0.1) is 0 Å². The first-order valence-electron chi connectivity index (χ1n) is 11.4. The molecule has 34 heavy (non-hydrogen) atoms. The Morgan fingerprint density at radius 3 is 2.68 bits per heavy atom. The molecule has 9 nitrogen and oxygen atoms in total. The van der Waals surface area contributed by atoms with Crippen molar-refractivity contribution in [3.05, 3.63) is 64.8 Å². The molecule has 2 aliphatic rings. The Morgan fingerprint density at radius 2 is 1.94 bits per heavy atom. The summed E-state index contributed by atoms with van der Waals surface area (Å²) in [6, 6.07) is 9.31. The number of fused-ring (bicyclic) bond motifs is 3. The third kappa shape index (κ3) is 3.04. The molecule has 4 N–H and O–H groups in total. The standard InChI is InChI=1S/C25H24N6O3/c26-24(34)19-12-28-11-18-17-3-1-15(16-2-4-22(33)29-10-16)9-20(17)31(23(18)19)30-8-5-21(32)25(14-30)6-7-27-13-25/h1-4,9-12,27H,5-8,13-14H2,(H2,26,34)(H,29,33)/t25-/m1/s1. The average molecular weight is 457 g/mol. The lowest BCUT2D eigenvalue weighted by Gasteiger charge is -2.41. The molecule has 1 aromatic carbocycles. The van der Waals surface area contributed by atoms with Gasteiger partial charge in [0.2, 0.25) is 5.56 Å². The summed E-state index contributed by atoms with van der Waals surface area (Å²) < 4.78 is 2.05. The van der Waals surface area contributed by atoms with Gasteiger partial charge in [-0.3, -0.25) is 24.0 Å². The van der Waals surface area contributed by atoms with Gasteiger partial charge < -0.3 is 21.0 Å². The van der Waals surface area contributed by atoms with E-state index < -0.39 is 11.3 Å². The predicted molar refractivity (Wildman–Crippen MR) is 129 cm³/mol. The van der Waals surface area contributed by atoms with Crippen molar-refractivity contribution in [3.63, 3.8) is 0 Å². The van der Waals surface area contributed by atoms with E-state index in [9.17, 15) is 14.4 Å². The number of nitrogens with one attached hydrogen (secondary N) is 2. The highest BCUT2D eigenvalue weighted by Gasteiger charge is 2.45. The molecule has 0 aliphatic carbocycles. The quantitative estimate of drug-likeness (QED) is 0.429. The van der Waals surface area contributed by atoms with Crippen molar-refractivity contribution >= 4 is 33.5 Å². The van der Waals surface area contributed by atoms with Crippen molar-refractivity contribution in [2.45, 2.75) is 12.8 Å². The van der Waals surface area contributed by atoms with Crippen molar-refractivity contribution in [3.8, 4) is 11.1 Å². The molecule has 2 saturated heterocycles. The first kappa shape index (κ1) is 20.6. The number of nitrogens with zero attached hydrogens (tertiary/aromatic N) is 3. The number of aromatic nitrogens is 3. The maximum absolute atomic E-state index is 12.9. The van der Waals surface area contributed by atoms with Crippen LogP contribution in [0.5, 0.6) is 0 Å². The van der Waals surface area contributed by atoms with E-state index in [1.165, 1.54) is 12.3 Å². The van der Waals surface area contributed by atoms with Crippen LogP contribution in [0.2, 0.25) is 0 Å². The van der Waals surface area contributed by atoms with Gasteiger partial charge in [-0.25, -0.2) is 0 Å². The van der Waals surface area contributed by atoms with Crippen LogP contribution in [0.25, 0.3) is 32.9 Å². The number of hydrogen-bond acceptors (Lipinski definition) is 6. The predicted octanol–water partition coefficient (Wildman–Crippen LogP) is 1.53. The van der Waals surface area contributed by atoms with Gasteiger partial charge in [-0.2, -0.15) is 0 Å². The summed E-state index contributed by atoms with van der Waals surface area (Å²) in [5.74, 6) is -0.256. The van der Waals surface area contributed by atoms with Gasteiger partial charge in [0.1, 0.15) is 5.78 Å². The number of ketones is 1. The fourth-order valence-electron chi connectivity index (χ4n) is 5.48. The van der Waals surface area contributed by atoms with Crippen LogP contribution in [0.1, 0.15) is 23.2 Å². The van der Waals surface area contributed by atoms with Gasteiger partial charge >= 0.3 is 0 Å². The largest absolute Gasteiger partial charge is 0.365 e. The fourth-order valence-corrected chi connectivity index (χ4v) is 5.48. The number of pyridine rings is 2. The number of aromatic amines is 1. The highest BCUT2D eigenvalue weighted by Crippen LogP contribution is 2.37. The van der Waals surface area contributed by atoms with Crippen LogP contribution in [0, 0.1) is 5.41 Å². The zero-order valence-corrected chi connectivity index (χ0v) is 18.5. The Morgan fingerprint density at radius 1 is 1.09 bits per heavy atom. The summed E-state index contributed by atoms with van der Waals surface area (Å²) in [4.78, 5) is 43.9. The Labute approximate surface area is 194 Å². The van der Waals surface area contributed by atoms with Gasteiger partial charge in [0.15, 0.2) is 0 Å². The second kappa shape index (κ2) is 7.53. The molecule has 4 aromatic rings. The van der Waals surface area contributed by atoms with Crippen molar-refractivity contribution in [1.29, 1.82) is 0 Å². The summed E-state index contributed by atoms with van der Waals surface area (Å²) in [6.45, 7) is 2.58. The number of piperidine rings is 1. The summed E-state index contributed by atoms with van der Waals surface area (Å²) in [5, 5.41) is 7.28. The molecule has 172 valence electrons. The highest BCUT2D eigenvalue weighted by atomic mass is 16.1. The first-order valence-corrected chi connectivity index (χ1v) is 11.4. The van der Waals surface area contributed by atoms with E-state index in [1.807, 2.05) is 22.9 Å². The fraction of sp³-hybridized carbons (Fsp3) is 0.280. The Bertz CT molecular complexity index is 1510. The number of rotatable bonds is 3. The minimum atomic E-state index is -0.548. The van der Waals surface area contributed by atoms with Gasteiger partial charge in [0.05, 0.1) is 22.0 Å². The molecule has 6 rings (SSSR count). The summed E-state index contributed by atoms with van der Waals surface area (Å²) in [5.41, 5.74) is 8.90. The van der Waals surface area contributed by atoms with Crippen LogP contribution < -0.4 is 21.6 Å². The molecule has 0 bridgehead atoms. The average Bonchev–Trinajstić information content (AvgIpc) is 3.44. The van der Waals surface area contributed by atoms with Crippen molar-refractivity contribution in [2.75, 3.05) is 31.2 Å². The van der Waals surface area contributed by atoms with Crippen LogP contribution in [-0.2, 0) is 4.79 Å². The van der Waals surface area contributed by atoms with E-state index in [-0.39, 0.29) is 5.56 Å². The number of benzene rings is 1. The van der Waals surface area contributed by atoms with E-state index in [0.29, 0.717) is 42.9 Å². The van der Waals surface area contributed by atoms with Gasteiger partial charge in [-0.1, -0.05) is 12.1 Å². The molecule has 2 fully saturated rings. The number of Topliss-reactive ketones (excluding diaryl/α,β-unsaturated/α-hetero) is 1.